The molecule has 2 aromatic rings. The maximum absolute atomic E-state index is 14.2. The van der Waals surface area contributed by atoms with Crippen molar-refractivity contribution in [2.45, 2.75) is 31.3 Å². The first kappa shape index (κ1) is 29.0. The third kappa shape index (κ3) is 9.04. The van der Waals surface area contributed by atoms with E-state index in [4.69, 9.17) is 14.9 Å². The van der Waals surface area contributed by atoms with E-state index in [1.807, 2.05) is 0 Å². The summed E-state index contributed by atoms with van der Waals surface area (Å²) in [6.45, 7) is 4.62. The summed E-state index contributed by atoms with van der Waals surface area (Å²) in [7, 11) is -4.23. The summed E-state index contributed by atoms with van der Waals surface area (Å²) in [5.74, 6) is -5.76. The molecule has 198 valence electrons. The van der Waals surface area contributed by atoms with Crippen LogP contribution in [0.1, 0.15) is 51.8 Å². The third-order valence-corrected chi connectivity index (χ3v) is 6.06. The summed E-state index contributed by atoms with van der Waals surface area (Å²) in [6, 6.07) is 7.67. The van der Waals surface area contributed by atoms with Crippen molar-refractivity contribution in [3.63, 3.8) is 0 Å². The van der Waals surface area contributed by atoms with Gasteiger partial charge in [-0.15, -0.1) is 0 Å². The van der Waals surface area contributed by atoms with Gasteiger partial charge >= 0.3 is 18.0 Å². The van der Waals surface area contributed by atoms with Crippen LogP contribution in [0.4, 0.5) is 14.9 Å². The molecule has 0 fully saturated rings. The summed E-state index contributed by atoms with van der Waals surface area (Å²) in [4.78, 5) is 46.4. The number of carboxylic acid groups (broad SMARTS) is 2. The maximum Gasteiger partial charge on any atom is 0.407 e. The molecule has 37 heavy (non-hydrogen) atoms. The van der Waals surface area contributed by atoms with E-state index in [1.54, 1.807) is 20.8 Å². The molecule has 0 saturated carbocycles. The standard InChI is InChI=1S/C24H25FN2O9S/c1-24(2,3)36-23(33)26-8-7-17(25)13-37(34,35)19-6-4-5-14(12-19)20(28)27-18-10-15(21(29)30)9-16(11-18)22(31)32/h4-7,9-12H,8,13H2,1-3H3,(H,26,33)(H,27,28)(H,29,30)(H,31,32). The molecule has 2 aromatic carbocycles. The van der Waals surface area contributed by atoms with Gasteiger partial charge in [-0.3, -0.25) is 4.79 Å². The molecule has 0 heterocycles. The number of nitrogens with one attached hydrogen (secondary N) is 2. The minimum absolute atomic E-state index is 0.137. The highest BCUT2D eigenvalue weighted by molar-refractivity contribution is 7.91. The van der Waals surface area contributed by atoms with E-state index in [9.17, 15) is 32.0 Å². The van der Waals surface area contributed by atoms with E-state index >= 15 is 0 Å². The zero-order valence-corrected chi connectivity index (χ0v) is 20.9. The van der Waals surface area contributed by atoms with E-state index < -0.39 is 51.0 Å². The molecule has 0 aliphatic carbocycles. The molecule has 11 nitrogen and oxygen atoms in total. The third-order valence-electron chi connectivity index (χ3n) is 4.44. The van der Waals surface area contributed by atoms with Crippen LogP contribution in [0.15, 0.2) is 59.3 Å². The second-order valence-electron chi connectivity index (χ2n) is 8.68. The second-order valence-corrected chi connectivity index (χ2v) is 10.7. The SMILES string of the molecule is CC(C)(C)OC(=O)NCC=C(F)CS(=O)(=O)c1cccc(C(=O)Nc2cc(C(=O)O)cc(C(=O)O)c2)c1. The molecule has 0 aliphatic rings. The minimum atomic E-state index is -4.23. The fraction of sp³-hybridized carbons (Fsp3) is 0.250. The molecule has 0 aliphatic heterocycles. The number of halogens is 1. The van der Waals surface area contributed by atoms with Crippen molar-refractivity contribution in [1.82, 2.24) is 5.32 Å². The highest BCUT2D eigenvalue weighted by Gasteiger charge is 2.20. The van der Waals surface area contributed by atoms with Crippen molar-refractivity contribution in [3.05, 3.63) is 71.1 Å². The minimum Gasteiger partial charge on any atom is -0.478 e. The Balaban J connectivity index is 2.15. The van der Waals surface area contributed by atoms with E-state index in [2.05, 4.69) is 10.6 Å². The number of amides is 2. The van der Waals surface area contributed by atoms with Gasteiger partial charge < -0.3 is 25.6 Å². The predicted octanol–water partition coefficient (Wildman–Crippen LogP) is 3.49. The number of carbonyl (C=O) groups excluding carboxylic acids is 2. The molecule has 2 rings (SSSR count). The topological polar surface area (TPSA) is 176 Å². The smallest absolute Gasteiger partial charge is 0.407 e. The number of carboxylic acids is 2. The number of ether oxygens (including phenoxy) is 1. The fourth-order valence-electron chi connectivity index (χ4n) is 2.86. The molecule has 0 unspecified atom stereocenters. The summed E-state index contributed by atoms with van der Waals surface area (Å²) in [6.07, 6.45) is 0.0653. The maximum atomic E-state index is 14.2. The summed E-state index contributed by atoms with van der Waals surface area (Å²) < 4.78 is 44.5. The van der Waals surface area contributed by atoms with Gasteiger partial charge in [-0.2, -0.15) is 0 Å². The lowest BCUT2D eigenvalue weighted by Gasteiger charge is -2.19. The van der Waals surface area contributed by atoms with Crippen LogP contribution in [-0.2, 0) is 14.6 Å². The Morgan fingerprint density at radius 2 is 1.57 bits per heavy atom. The van der Waals surface area contributed by atoms with Gasteiger partial charge in [-0.25, -0.2) is 27.2 Å². The van der Waals surface area contributed by atoms with Gasteiger partial charge in [0, 0.05) is 17.8 Å². The Morgan fingerprint density at radius 1 is 0.973 bits per heavy atom. The number of alkyl carbamates (subject to hydrolysis) is 1. The monoisotopic (exact) mass is 536 g/mol. The first-order valence-corrected chi connectivity index (χ1v) is 12.3. The van der Waals surface area contributed by atoms with Crippen molar-refractivity contribution < 1.29 is 46.9 Å². The molecule has 13 heteroatoms. The van der Waals surface area contributed by atoms with Crippen molar-refractivity contribution in [1.29, 1.82) is 0 Å². The largest absolute Gasteiger partial charge is 0.478 e. The molecule has 0 radical (unpaired) electrons. The van der Waals surface area contributed by atoms with Crippen LogP contribution in [0.25, 0.3) is 0 Å². The Kier molecular flexibility index (Phi) is 9.12. The van der Waals surface area contributed by atoms with Gasteiger partial charge in [0.25, 0.3) is 5.91 Å². The Bertz CT molecular complexity index is 1330. The van der Waals surface area contributed by atoms with Gasteiger partial charge in [0.15, 0.2) is 9.84 Å². The Morgan fingerprint density at radius 3 is 2.11 bits per heavy atom. The number of carbonyl (C=O) groups is 4. The van der Waals surface area contributed by atoms with E-state index in [-0.39, 0.29) is 33.8 Å². The highest BCUT2D eigenvalue weighted by Crippen LogP contribution is 2.20. The van der Waals surface area contributed by atoms with Crippen molar-refractivity contribution >= 4 is 39.5 Å². The zero-order valence-electron chi connectivity index (χ0n) is 20.1. The van der Waals surface area contributed by atoms with Gasteiger partial charge in [-0.1, -0.05) is 6.07 Å². The summed E-state index contributed by atoms with van der Waals surface area (Å²) in [5, 5.41) is 22.9. The Labute approximate surface area is 211 Å². The number of rotatable bonds is 9. The van der Waals surface area contributed by atoms with Gasteiger partial charge in [0.2, 0.25) is 0 Å². The lowest BCUT2D eigenvalue weighted by molar-refractivity contribution is 0.0532. The molecule has 0 atom stereocenters. The van der Waals surface area contributed by atoms with Gasteiger partial charge in [0.1, 0.15) is 17.2 Å². The van der Waals surface area contributed by atoms with E-state index in [0.29, 0.717) is 0 Å². The summed E-state index contributed by atoms with van der Waals surface area (Å²) in [5.41, 5.74) is -1.81. The molecule has 4 N–H and O–H groups in total. The highest BCUT2D eigenvalue weighted by atomic mass is 32.2. The number of benzene rings is 2. The lowest BCUT2D eigenvalue weighted by Crippen LogP contribution is -2.32. The van der Waals surface area contributed by atoms with Crippen molar-refractivity contribution in [3.8, 4) is 0 Å². The zero-order chi connectivity index (χ0) is 28.0. The molecular formula is C24H25FN2O9S. The first-order valence-electron chi connectivity index (χ1n) is 10.6. The molecule has 0 aromatic heterocycles. The van der Waals surface area contributed by atoms with Crippen LogP contribution < -0.4 is 10.6 Å². The van der Waals surface area contributed by atoms with Gasteiger partial charge in [0.05, 0.1) is 16.0 Å². The number of sulfone groups is 1. The number of hydrogen-bond donors (Lipinski definition) is 4. The molecular weight excluding hydrogens is 511 g/mol. The average molecular weight is 537 g/mol. The van der Waals surface area contributed by atoms with Gasteiger partial charge in [-0.05, 0) is 63.2 Å². The average Bonchev–Trinajstić information content (AvgIpc) is 2.77. The van der Waals surface area contributed by atoms with Crippen molar-refractivity contribution in [2.75, 3.05) is 17.6 Å². The molecule has 0 saturated heterocycles. The number of aromatic carboxylic acids is 2. The number of hydrogen-bond acceptors (Lipinski definition) is 7. The van der Waals surface area contributed by atoms with Crippen LogP contribution in [0.5, 0.6) is 0 Å². The van der Waals surface area contributed by atoms with Crippen LogP contribution in [0.3, 0.4) is 0 Å². The molecule has 2 amide bonds. The van der Waals surface area contributed by atoms with Crippen LogP contribution in [0.2, 0.25) is 0 Å². The van der Waals surface area contributed by atoms with Crippen LogP contribution in [-0.4, -0.2) is 60.5 Å². The normalized spacial score (nSPS) is 11.9. The van der Waals surface area contributed by atoms with E-state index in [0.717, 1.165) is 36.4 Å². The van der Waals surface area contributed by atoms with Crippen LogP contribution >= 0.6 is 0 Å². The first-order chi connectivity index (χ1) is 17.1. The number of anilines is 1. The lowest BCUT2D eigenvalue weighted by atomic mass is 10.1. The quantitative estimate of drug-likeness (QED) is 0.374. The van der Waals surface area contributed by atoms with Crippen molar-refractivity contribution in [2.24, 2.45) is 0 Å². The molecule has 0 spiro atoms. The summed E-state index contributed by atoms with van der Waals surface area (Å²) >= 11 is 0. The van der Waals surface area contributed by atoms with Crippen LogP contribution in [0, 0.1) is 0 Å². The predicted molar refractivity (Wildman–Crippen MR) is 130 cm³/mol. The fourth-order valence-corrected chi connectivity index (χ4v) is 4.10. The molecule has 0 bridgehead atoms. The Hall–Kier alpha value is -4.26. The second kappa shape index (κ2) is 11.6. The van der Waals surface area contributed by atoms with E-state index in [1.165, 1.54) is 12.1 Å².